The molecular weight excluding hydrogens is 204 g/mol. The molecule has 1 aliphatic heterocycles. The van der Waals surface area contributed by atoms with Gasteiger partial charge in [0.05, 0.1) is 6.07 Å². The van der Waals surface area contributed by atoms with Crippen molar-refractivity contribution in [2.75, 3.05) is 13.1 Å². The average Bonchev–Trinajstić information content (AvgIpc) is 2.62. The van der Waals surface area contributed by atoms with Crippen LogP contribution in [0.15, 0.2) is 11.1 Å². The highest BCUT2D eigenvalue weighted by Crippen LogP contribution is 2.21. The van der Waals surface area contributed by atoms with Crippen molar-refractivity contribution in [3.8, 4) is 6.07 Å². The van der Waals surface area contributed by atoms with E-state index in [4.69, 9.17) is 10.00 Å². The zero-order valence-corrected chi connectivity index (χ0v) is 10.3. The van der Waals surface area contributed by atoms with Gasteiger partial charge in [0.1, 0.15) is 5.60 Å². The quantitative estimate of drug-likeness (QED) is 0.591. The molecule has 16 heavy (non-hydrogen) atoms. The number of likely N-dealkylation sites (tertiary alicyclic amines) is 1. The second-order valence-electron chi connectivity index (χ2n) is 4.99. The van der Waals surface area contributed by atoms with Crippen LogP contribution in [0.2, 0.25) is 0 Å². The monoisotopic (exact) mass is 222 g/mol. The van der Waals surface area contributed by atoms with Crippen LogP contribution in [0.1, 0.15) is 34.1 Å². The Bertz CT molecular complexity index is 358. The fourth-order valence-electron chi connectivity index (χ4n) is 1.53. The minimum absolute atomic E-state index is 0.298. The van der Waals surface area contributed by atoms with Crippen molar-refractivity contribution >= 4 is 6.09 Å². The zero-order valence-electron chi connectivity index (χ0n) is 10.3. The predicted octanol–water partition coefficient (Wildman–Crippen LogP) is 2.47. The van der Waals surface area contributed by atoms with Crippen LogP contribution in [-0.4, -0.2) is 29.7 Å². The van der Waals surface area contributed by atoms with Gasteiger partial charge < -0.3 is 9.64 Å². The lowest BCUT2D eigenvalue weighted by Crippen LogP contribution is -2.34. The summed E-state index contributed by atoms with van der Waals surface area (Å²) in [5.41, 5.74) is 1.29. The van der Waals surface area contributed by atoms with Gasteiger partial charge in [-0.25, -0.2) is 4.79 Å². The Morgan fingerprint density at radius 1 is 1.50 bits per heavy atom. The summed E-state index contributed by atoms with van der Waals surface area (Å²) < 4.78 is 5.26. The van der Waals surface area contributed by atoms with Gasteiger partial charge in [0.15, 0.2) is 0 Å². The van der Waals surface area contributed by atoms with Gasteiger partial charge in [0.25, 0.3) is 0 Å². The molecule has 0 spiro atoms. The van der Waals surface area contributed by atoms with E-state index >= 15 is 0 Å². The first-order chi connectivity index (χ1) is 7.33. The van der Waals surface area contributed by atoms with Gasteiger partial charge in [0, 0.05) is 18.7 Å². The molecule has 1 rings (SSSR count). The summed E-state index contributed by atoms with van der Waals surface area (Å²) in [7, 11) is 0. The standard InChI is InChI=1S/C12H18N2O2/c1-9(7-13)10-5-6-14(8-10)11(15)16-12(2,3)4/h5-6,8H2,1-4H3/b10-9-. The molecule has 0 bridgehead atoms. The lowest BCUT2D eigenvalue weighted by Gasteiger charge is -2.23. The van der Waals surface area contributed by atoms with E-state index in [2.05, 4.69) is 6.07 Å². The Labute approximate surface area is 96.5 Å². The molecular formula is C12H18N2O2. The molecule has 88 valence electrons. The van der Waals surface area contributed by atoms with Crippen LogP contribution in [0.5, 0.6) is 0 Å². The lowest BCUT2D eigenvalue weighted by atomic mass is 10.1. The predicted molar refractivity (Wildman–Crippen MR) is 60.7 cm³/mol. The maximum atomic E-state index is 11.7. The molecule has 0 aliphatic carbocycles. The van der Waals surface area contributed by atoms with E-state index in [9.17, 15) is 4.79 Å². The number of hydrogen-bond acceptors (Lipinski definition) is 3. The summed E-state index contributed by atoms with van der Waals surface area (Å²) in [6.45, 7) is 8.49. The Balaban J connectivity index is 2.62. The van der Waals surface area contributed by atoms with Crippen LogP contribution >= 0.6 is 0 Å². The van der Waals surface area contributed by atoms with Gasteiger partial charge in [-0.15, -0.1) is 0 Å². The number of ether oxygens (including phenoxy) is 1. The van der Waals surface area contributed by atoms with Crippen LogP contribution in [0.25, 0.3) is 0 Å². The van der Waals surface area contributed by atoms with Crippen molar-refractivity contribution in [1.82, 2.24) is 4.90 Å². The maximum Gasteiger partial charge on any atom is 0.410 e. The zero-order chi connectivity index (χ0) is 12.3. The molecule has 1 fully saturated rings. The van der Waals surface area contributed by atoms with Gasteiger partial charge in [-0.1, -0.05) is 0 Å². The van der Waals surface area contributed by atoms with Gasteiger partial charge in [-0.2, -0.15) is 5.26 Å². The summed E-state index contributed by atoms with van der Waals surface area (Å²) in [6.07, 6.45) is 0.478. The third-order valence-corrected chi connectivity index (χ3v) is 2.41. The maximum absolute atomic E-state index is 11.7. The molecule has 4 nitrogen and oxygen atoms in total. The number of hydrogen-bond donors (Lipinski definition) is 0. The van der Waals surface area contributed by atoms with E-state index in [-0.39, 0.29) is 6.09 Å². The van der Waals surface area contributed by atoms with Crippen LogP contribution in [0.3, 0.4) is 0 Å². The number of nitriles is 1. The second-order valence-corrected chi connectivity index (χ2v) is 4.99. The van der Waals surface area contributed by atoms with Crippen molar-refractivity contribution in [2.45, 2.75) is 39.7 Å². The second kappa shape index (κ2) is 4.56. The molecule has 1 saturated heterocycles. The fraction of sp³-hybridized carbons (Fsp3) is 0.667. The molecule has 0 aromatic rings. The van der Waals surface area contributed by atoms with Crippen LogP contribution in [-0.2, 0) is 4.74 Å². The van der Waals surface area contributed by atoms with Crippen molar-refractivity contribution in [3.63, 3.8) is 0 Å². The summed E-state index contributed by atoms with van der Waals surface area (Å²) in [5, 5.41) is 8.76. The van der Waals surface area contributed by atoms with E-state index in [1.807, 2.05) is 20.8 Å². The molecule has 0 atom stereocenters. The van der Waals surface area contributed by atoms with Crippen LogP contribution < -0.4 is 0 Å². The molecule has 0 N–H and O–H groups in total. The van der Waals surface area contributed by atoms with Crippen molar-refractivity contribution < 1.29 is 9.53 Å². The van der Waals surface area contributed by atoms with Crippen molar-refractivity contribution in [2.24, 2.45) is 0 Å². The lowest BCUT2D eigenvalue weighted by molar-refractivity contribution is 0.0299. The van der Waals surface area contributed by atoms with E-state index in [0.29, 0.717) is 18.7 Å². The third kappa shape index (κ3) is 3.27. The Hall–Kier alpha value is -1.50. The van der Waals surface area contributed by atoms with Crippen molar-refractivity contribution in [1.29, 1.82) is 5.26 Å². The normalized spacial score (nSPS) is 19.3. The number of rotatable bonds is 0. The number of allylic oxidation sites excluding steroid dienone is 1. The minimum atomic E-state index is -0.464. The van der Waals surface area contributed by atoms with E-state index < -0.39 is 5.60 Å². The summed E-state index contributed by atoms with van der Waals surface area (Å²) >= 11 is 0. The highest BCUT2D eigenvalue weighted by atomic mass is 16.6. The number of carbonyl (C=O) groups excluding carboxylic acids is 1. The molecule has 1 aliphatic rings. The van der Waals surface area contributed by atoms with E-state index in [1.165, 1.54) is 0 Å². The SMILES string of the molecule is C/C(C#N)=C1\CCN(C(=O)OC(C)(C)C)C1. The summed E-state index contributed by atoms with van der Waals surface area (Å²) in [4.78, 5) is 13.4. The average molecular weight is 222 g/mol. The molecule has 4 heteroatoms. The first-order valence-corrected chi connectivity index (χ1v) is 5.40. The Kier molecular flexibility index (Phi) is 3.58. The molecule has 0 aromatic carbocycles. The topological polar surface area (TPSA) is 53.3 Å². The summed E-state index contributed by atoms with van der Waals surface area (Å²) in [5.74, 6) is 0. The van der Waals surface area contributed by atoms with Gasteiger partial charge >= 0.3 is 6.09 Å². The first-order valence-electron chi connectivity index (χ1n) is 5.40. The number of nitrogens with zero attached hydrogens (tertiary/aromatic N) is 2. The van der Waals surface area contributed by atoms with E-state index in [1.54, 1.807) is 11.8 Å². The molecule has 1 heterocycles. The third-order valence-electron chi connectivity index (χ3n) is 2.41. The smallest absolute Gasteiger partial charge is 0.410 e. The van der Waals surface area contributed by atoms with Crippen LogP contribution in [0, 0.1) is 11.3 Å². The van der Waals surface area contributed by atoms with Crippen LogP contribution in [0.4, 0.5) is 4.79 Å². The molecule has 0 saturated carbocycles. The summed E-state index contributed by atoms with van der Waals surface area (Å²) in [6, 6.07) is 2.12. The molecule has 1 amide bonds. The fourth-order valence-corrected chi connectivity index (χ4v) is 1.53. The largest absolute Gasteiger partial charge is 0.444 e. The molecule has 0 aromatic heterocycles. The number of amides is 1. The van der Waals surface area contributed by atoms with Gasteiger partial charge in [0.2, 0.25) is 0 Å². The van der Waals surface area contributed by atoms with E-state index in [0.717, 1.165) is 12.0 Å². The molecule has 0 unspecified atom stereocenters. The Morgan fingerprint density at radius 2 is 2.12 bits per heavy atom. The van der Waals surface area contributed by atoms with Gasteiger partial charge in [-0.05, 0) is 39.7 Å². The van der Waals surface area contributed by atoms with Gasteiger partial charge in [-0.3, -0.25) is 0 Å². The molecule has 0 radical (unpaired) electrons. The highest BCUT2D eigenvalue weighted by Gasteiger charge is 2.27. The Morgan fingerprint density at radius 3 is 2.62 bits per heavy atom. The highest BCUT2D eigenvalue weighted by molar-refractivity contribution is 5.69. The minimum Gasteiger partial charge on any atom is -0.444 e. The van der Waals surface area contributed by atoms with Crippen molar-refractivity contribution in [3.05, 3.63) is 11.1 Å². The first kappa shape index (κ1) is 12.6. The number of carbonyl (C=O) groups is 1.